The van der Waals surface area contributed by atoms with E-state index in [0.717, 1.165) is 9.13 Å². The molecule has 0 fully saturated rings. The standard InChI is InChI=1S/C17H20INO3S/c1-12(2)14-6-4-13(5-7-14)11-19-23(20,21)15-8-9-17(22-3)16(18)10-15/h4-10,12,19H,11H2,1-3H3. The Bertz CT molecular complexity index is 771. The minimum Gasteiger partial charge on any atom is -0.496 e. The molecule has 4 nitrogen and oxygen atoms in total. The molecule has 1 N–H and O–H groups in total. The summed E-state index contributed by atoms with van der Waals surface area (Å²) in [6.07, 6.45) is 0. The van der Waals surface area contributed by atoms with Gasteiger partial charge >= 0.3 is 0 Å². The molecule has 0 radical (unpaired) electrons. The summed E-state index contributed by atoms with van der Waals surface area (Å²) in [5, 5.41) is 0. The van der Waals surface area contributed by atoms with Crippen molar-refractivity contribution in [3.63, 3.8) is 0 Å². The third kappa shape index (κ3) is 4.68. The van der Waals surface area contributed by atoms with Crippen LogP contribution in [0.2, 0.25) is 0 Å². The predicted molar refractivity (Wildman–Crippen MR) is 100 cm³/mol. The summed E-state index contributed by atoms with van der Waals surface area (Å²) in [4.78, 5) is 0.238. The van der Waals surface area contributed by atoms with Crippen molar-refractivity contribution in [2.24, 2.45) is 0 Å². The van der Waals surface area contributed by atoms with E-state index in [1.54, 1.807) is 25.3 Å². The minimum absolute atomic E-state index is 0.238. The van der Waals surface area contributed by atoms with Crippen molar-refractivity contribution in [3.8, 4) is 5.75 Å². The van der Waals surface area contributed by atoms with Gasteiger partial charge in [0, 0.05) is 6.54 Å². The van der Waals surface area contributed by atoms with Crippen LogP contribution < -0.4 is 9.46 Å². The summed E-state index contributed by atoms with van der Waals surface area (Å²) in [5.41, 5.74) is 2.17. The van der Waals surface area contributed by atoms with Crippen LogP contribution >= 0.6 is 22.6 Å². The molecule has 0 aliphatic heterocycles. The molecule has 0 spiro atoms. The highest BCUT2D eigenvalue weighted by molar-refractivity contribution is 14.1. The first-order valence-corrected chi connectivity index (χ1v) is 9.81. The van der Waals surface area contributed by atoms with Crippen molar-refractivity contribution in [1.82, 2.24) is 4.72 Å². The van der Waals surface area contributed by atoms with Crippen LogP contribution in [0.3, 0.4) is 0 Å². The molecule has 0 aliphatic carbocycles. The molecular formula is C17H20INO3S. The van der Waals surface area contributed by atoms with Gasteiger partial charge in [0.15, 0.2) is 0 Å². The van der Waals surface area contributed by atoms with Crippen LogP contribution in [0, 0.1) is 3.57 Å². The summed E-state index contributed by atoms with van der Waals surface area (Å²) >= 11 is 2.06. The van der Waals surface area contributed by atoms with Crippen LogP contribution in [0.25, 0.3) is 0 Å². The van der Waals surface area contributed by atoms with E-state index < -0.39 is 10.0 Å². The van der Waals surface area contributed by atoms with Gasteiger partial charge in [-0.05, 0) is 57.8 Å². The molecule has 0 unspecified atom stereocenters. The summed E-state index contributed by atoms with van der Waals surface area (Å²) in [6.45, 7) is 4.52. The summed E-state index contributed by atoms with van der Waals surface area (Å²) in [5.74, 6) is 1.12. The van der Waals surface area contributed by atoms with Gasteiger partial charge in [0.1, 0.15) is 5.75 Å². The molecule has 2 rings (SSSR count). The third-order valence-electron chi connectivity index (χ3n) is 3.55. The Morgan fingerprint density at radius 2 is 1.78 bits per heavy atom. The zero-order chi connectivity index (χ0) is 17.0. The van der Waals surface area contributed by atoms with Crippen LogP contribution in [0.15, 0.2) is 47.4 Å². The average Bonchev–Trinajstić information content (AvgIpc) is 2.53. The number of benzene rings is 2. The maximum Gasteiger partial charge on any atom is 0.240 e. The average molecular weight is 445 g/mol. The lowest BCUT2D eigenvalue weighted by Gasteiger charge is -2.10. The van der Waals surface area contributed by atoms with Gasteiger partial charge in [-0.15, -0.1) is 0 Å². The first-order chi connectivity index (χ1) is 10.8. The number of rotatable bonds is 6. The summed E-state index contributed by atoms with van der Waals surface area (Å²) < 4.78 is 33.3. The van der Waals surface area contributed by atoms with Crippen molar-refractivity contribution in [2.45, 2.75) is 31.2 Å². The van der Waals surface area contributed by atoms with Crippen LogP contribution in [-0.4, -0.2) is 15.5 Å². The quantitative estimate of drug-likeness (QED) is 0.687. The monoisotopic (exact) mass is 445 g/mol. The lowest BCUT2D eigenvalue weighted by Crippen LogP contribution is -2.23. The fourth-order valence-electron chi connectivity index (χ4n) is 2.10. The van der Waals surface area contributed by atoms with Crippen molar-refractivity contribution in [2.75, 3.05) is 7.11 Å². The fraction of sp³-hybridized carbons (Fsp3) is 0.294. The second-order valence-electron chi connectivity index (χ2n) is 5.52. The molecule has 6 heteroatoms. The van der Waals surface area contributed by atoms with Crippen LogP contribution in [0.4, 0.5) is 0 Å². The zero-order valence-corrected chi connectivity index (χ0v) is 16.3. The van der Waals surface area contributed by atoms with Gasteiger partial charge in [-0.25, -0.2) is 13.1 Å². The Labute approximate surface area is 151 Å². The molecule has 23 heavy (non-hydrogen) atoms. The summed E-state index contributed by atoms with van der Waals surface area (Å²) in [7, 11) is -1.98. The highest BCUT2D eigenvalue weighted by atomic mass is 127. The highest BCUT2D eigenvalue weighted by Crippen LogP contribution is 2.24. The van der Waals surface area contributed by atoms with Gasteiger partial charge in [0.2, 0.25) is 10.0 Å². The van der Waals surface area contributed by atoms with Crippen LogP contribution in [0.5, 0.6) is 5.75 Å². The van der Waals surface area contributed by atoms with Gasteiger partial charge in [-0.2, -0.15) is 0 Å². The van der Waals surface area contributed by atoms with Gasteiger partial charge in [-0.3, -0.25) is 0 Å². The van der Waals surface area contributed by atoms with Gasteiger partial charge < -0.3 is 4.74 Å². The van der Waals surface area contributed by atoms with Crippen molar-refractivity contribution < 1.29 is 13.2 Å². The lowest BCUT2D eigenvalue weighted by atomic mass is 10.0. The molecule has 0 bridgehead atoms. The van der Waals surface area contributed by atoms with E-state index in [2.05, 4.69) is 41.2 Å². The molecule has 0 amide bonds. The Kier molecular flexibility index (Phi) is 6.05. The number of ether oxygens (including phenoxy) is 1. The third-order valence-corrected chi connectivity index (χ3v) is 5.79. The maximum absolute atomic E-state index is 12.4. The van der Waals surface area contributed by atoms with E-state index in [4.69, 9.17) is 4.74 Å². The highest BCUT2D eigenvalue weighted by Gasteiger charge is 2.15. The normalized spacial score (nSPS) is 11.7. The van der Waals surface area contributed by atoms with Crippen molar-refractivity contribution >= 4 is 32.6 Å². The van der Waals surface area contributed by atoms with Crippen molar-refractivity contribution in [3.05, 3.63) is 57.2 Å². The molecule has 2 aromatic rings. The smallest absolute Gasteiger partial charge is 0.240 e. The Morgan fingerprint density at radius 1 is 1.13 bits per heavy atom. The van der Waals surface area contributed by atoms with E-state index in [9.17, 15) is 8.42 Å². The number of hydrogen-bond acceptors (Lipinski definition) is 3. The molecule has 0 saturated heterocycles. The SMILES string of the molecule is COc1ccc(S(=O)(=O)NCc2ccc(C(C)C)cc2)cc1I. The molecule has 0 aliphatic rings. The number of methoxy groups -OCH3 is 1. The van der Waals surface area contributed by atoms with Gasteiger partial charge in [-0.1, -0.05) is 38.1 Å². The molecule has 0 heterocycles. The van der Waals surface area contributed by atoms with E-state index in [0.29, 0.717) is 11.7 Å². The van der Waals surface area contributed by atoms with E-state index in [1.807, 2.05) is 24.3 Å². The lowest BCUT2D eigenvalue weighted by molar-refractivity contribution is 0.411. The van der Waals surface area contributed by atoms with Crippen LogP contribution in [0.1, 0.15) is 30.9 Å². The molecule has 0 atom stereocenters. The first kappa shape index (κ1) is 18.2. The Morgan fingerprint density at radius 3 is 2.30 bits per heavy atom. The van der Waals surface area contributed by atoms with E-state index in [-0.39, 0.29) is 11.4 Å². The molecule has 2 aromatic carbocycles. The molecule has 0 saturated carbocycles. The van der Waals surface area contributed by atoms with Gasteiger partial charge in [0.05, 0.1) is 15.6 Å². The number of hydrogen-bond donors (Lipinski definition) is 1. The number of halogens is 1. The topological polar surface area (TPSA) is 55.4 Å². The zero-order valence-electron chi connectivity index (χ0n) is 13.3. The van der Waals surface area contributed by atoms with Crippen LogP contribution in [-0.2, 0) is 16.6 Å². The number of nitrogens with one attached hydrogen (secondary N) is 1. The number of sulfonamides is 1. The Balaban J connectivity index is 2.10. The van der Waals surface area contributed by atoms with Gasteiger partial charge in [0.25, 0.3) is 0 Å². The molecular weight excluding hydrogens is 425 g/mol. The van der Waals surface area contributed by atoms with Crippen molar-refractivity contribution in [1.29, 1.82) is 0 Å². The second-order valence-corrected chi connectivity index (χ2v) is 8.45. The molecule has 124 valence electrons. The first-order valence-electron chi connectivity index (χ1n) is 7.25. The minimum atomic E-state index is -3.54. The van der Waals surface area contributed by atoms with E-state index in [1.165, 1.54) is 5.56 Å². The summed E-state index contributed by atoms with van der Waals surface area (Å²) in [6, 6.07) is 12.8. The second kappa shape index (κ2) is 7.63. The molecule has 0 aromatic heterocycles. The largest absolute Gasteiger partial charge is 0.496 e. The van der Waals surface area contributed by atoms with E-state index >= 15 is 0 Å². The predicted octanol–water partition coefficient (Wildman–Crippen LogP) is 3.90. The Hall–Kier alpha value is -1.12. The fourth-order valence-corrected chi connectivity index (χ4v) is 4.09. The maximum atomic E-state index is 12.4.